The van der Waals surface area contributed by atoms with Crippen molar-refractivity contribution in [2.45, 2.75) is 32.6 Å². The largest absolute Gasteiger partial charge is 0.497 e. The number of nitrogens with zero attached hydrogens (tertiary/aromatic N) is 1. The van der Waals surface area contributed by atoms with Crippen LogP contribution >= 0.6 is 27.3 Å². The van der Waals surface area contributed by atoms with Crippen LogP contribution in [-0.2, 0) is 11.9 Å². The van der Waals surface area contributed by atoms with Crippen LogP contribution in [0.2, 0.25) is 0 Å². The third-order valence-electron chi connectivity index (χ3n) is 5.72. The summed E-state index contributed by atoms with van der Waals surface area (Å²) in [6.45, 7) is 5.59. The number of carbonyl (C=O) groups is 1. The van der Waals surface area contributed by atoms with Gasteiger partial charge in [-0.2, -0.15) is 0 Å². The Kier molecular flexibility index (Phi) is 6.78. The van der Waals surface area contributed by atoms with E-state index in [2.05, 4.69) is 15.9 Å². The fraction of sp³-hybridized carbons (Fsp3) is 0.259. The quantitative estimate of drug-likeness (QED) is 0.194. The number of hydrogen-bond acceptors (Lipinski definition) is 4. The third-order valence-corrected chi connectivity index (χ3v) is 7.60. The van der Waals surface area contributed by atoms with E-state index in [1.165, 1.54) is 17.4 Å². The monoisotopic (exact) mass is 541 g/mol. The number of thiophene rings is 1. The Morgan fingerprint density at radius 1 is 1.12 bits per heavy atom. The van der Waals surface area contributed by atoms with E-state index < -0.39 is 5.41 Å². The van der Waals surface area contributed by atoms with Gasteiger partial charge in [0.25, 0.3) is 0 Å². The summed E-state index contributed by atoms with van der Waals surface area (Å²) < 4.78 is 21.6. The smallest absolute Gasteiger partial charge is 0.201 e. The van der Waals surface area contributed by atoms with Crippen molar-refractivity contribution in [2.24, 2.45) is 5.41 Å². The van der Waals surface area contributed by atoms with E-state index in [9.17, 15) is 14.0 Å². The number of methoxy groups -OCH3 is 1. The van der Waals surface area contributed by atoms with E-state index >= 15 is 0 Å². The van der Waals surface area contributed by atoms with Crippen LogP contribution in [-0.4, -0.2) is 17.5 Å². The molecule has 0 saturated carbocycles. The second-order valence-electron chi connectivity index (χ2n) is 9.12. The van der Waals surface area contributed by atoms with Crippen molar-refractivity contribution < 1.29 is 13.9 Å². The topological polar surface area (TPSA) is 48.3 Å². The van der Waals surface area contributed by atoms with E-state index in [1.807, 2.05) is 28.8 Å². The summed E-state index contributed by atoms with van der Waals surface area (Å²) in [6, 6.07) is 14.2. The first-order valence-corrected chi connectivity index (χ1v) is 12.8. The highest BCUT2D eigenvalue weighted by Gasteiger charge is 2.29. The molecule has 0 spiro atoms. The fourth-order valence-electron chi connectivity index (χ4n) is 3.89. The van der Waals surface area contributed by atoms with E-state index in [4.69, 9.17) is 4.74 Å². The summed E-state index contributed by atoms with van der Waals surface area (Å²) >= 11 is 5.03. The molecule has 34 heavy (non-hydrogen) atoms. The van der Waals surface area contributed by atoms with E-state index in [0.29, 0.717) is 21.1 Å². The summed E-state index contributed by atoms with van der Waals surface area (Å²) in [5.74, 6) is 0.174. The molecule has 0 aliphatic heterocycles. The lowest BCUT2D eigenvalue weighted by atomic mass is 9.86. The van der Waals surface area contributed by atoms with Gasteiger partial charge in [0.2, 0.25) is 5.43 Å². The molecule has 2 heterocycles. The Balaban J connectivity index is 2.03. The van der Waals surface area contributed by atoms with Crippen molar-refractivity contribution in [3.8, 4) is 16.2 Å². The number of hydrogen-bond donors (Lipinski definition) is 0. The number of carbonyl (C=O) groups excluding carboxylic acids is 1. The van der Waals surface area contributed by atoms with Crippen LogP contribution in [0.15, 0.2) is 59.5 Å². The van der Waals surface area contributed by atoms with Gasteiger partial charge >= 0.3 is 0 Å². The van der Waals surface area contributed by atoms with Gasteiger partial charge in [-0.15, -0.1) is 11.3 Å². The standard InChI is InChI=1S/C27H25BrFNO3S/c1-27(2,3)25(32)20-15-30(14-17-7-5-6-8-21(17)29)26-22(23(20)31)19(13-28)24(34-26)16-9-11-18(33-4)12-10-16/h5-12,15H,13-14H2,1-4H3. The van der Waals surface area contributed by atoms with Crippen LogP contribution < -0.4 is 10.2 Å². The average Bonchev–Trinajstić information content (AvgIpc) is 3.21. The lowest BCUT2D eigenvalue weighted by Gasteiger charge is -2.18. The Morgan fingerprint density at radius 2 is 1.79 bits per heavy atom. The summed E-state index contributed by atoms with van der Waals surface area (Å²) in [7, 11) is 1.61. The van der Waals surface area contributed by atoms with Gasteiger partial charge in [0.05, 0.1) is 24.6 Å². The molecule has 2 aromatic heterocycles. The van der Waals surface area contributed by atoms with Crippen molar-refractivity contribution in [2.75, 3.05) is 7.11 Å². The number of benzene rings is 2. The van der Waals surface area contributed by atoms with Crippen molar-refractivity contribution in [3.63, 3.8) is 0 Å². The average molecular weight is 542 g/mol. The predicted octanol–water partition coefficient (Wildman–Crippen LogP) is 7.05. The van der Waals surface area contributed by atoms with Crippen molar-refractivity contribution in [1.82, 2.24) is 4.57 Å². The van der Waals surface area contributed by atoms with E-state index in [-0.39, 0.29) is 29.1 Å². The zero-order chi connectivity index (χ0) is 24.6. The van der Waals surface area contributed by atoms with Crippen molar-refractivity contribution >= 4 is 43.3 Å². The van der Waals surface area contributed by atoms with Crippen LogP contribution in [0.3, 0.4) is 0 Å². The van der Waals surface area contributed by atoms with Crippen LogP contribution in [0.25, 0.3) is 20.7 Å². The highest BCUT2D eigenvalue weighted by molar-refractivity contribution is 9.08. The molecule has 0 aliphatic rings. The Hall–Kier alpha value is -2.77. The maximum Gasteiger partial charge on any atom is 0.201 e. The summed E-state index contributed by atoms with van der Waals surface area (Å²) in [5, 5.41) is 0.940. The van der Waals surface area contributed by atoms with Crippen LogP contribution in [0.1, 0.15) is 42.3 Å². The SMILES string of the molecule is COc1ccc(-c2sc3c(c2CBr)c(=O)c(C(=O)C(C)(C)C)cn3Cc2ccccc2F)cc1. The second kappa shape index (κ2) is 9.47. The highest BCUT2D eigenvalue weighted by atomic mass is 79.9. The maximum absolute atomic E-state index is 14.5. The van der Waals surface area contributed by atoms with Gasteiger partial charge in [0, 0.05) is 27.4 Å². The lowest BCUT2D eigenvalue weighted by Crippen LogP contribution is -2.28. The number of pyridine rings is 1. The molecule has 0 aliphatic carbocycles. The Morgan fingerprint density at radius 3 is 2.38 bits per heavy atom. The zero-order valence-corrected chi connectivity index (χ0v) is 21.8. The zero-order valence-electron chi connectivity index (χ0n) is 19.4. The molecule has 0 fully saturated rings. The molecule has 4 rings (SSSR count). The minimum absolute atomic E-state index is 0.123. The number of ketones is 1. The predicted molar refractivity (Wildman–Crippen MR) is 140 cm³/mol. The molecule has 176 valence electrons. The molecule has 4 nitrogen and oxygen atoms in total. The molecule has 0 atom stereocenters. The summed E-state index contributed by atoms with van der Waals surface area (Å²) in [5.41, 5.74) is 1.36. The Bertz CT molecular complexity index is 1430. The molecular weight excluding hydrogens is 517 g/mol. The number of Topliss-reactive ketones (excluding diaryl/α,β-unsaturated/α-hetero) is 1. The molecule has 0 N–H and O–H groups in total. The minimum atomic E-state index is -0.730. The van der Waals surface area contributed by atoms with E-state index in [1.54, 1.807) is 52.3 Å². The number of rotatable bonds is 6. The van der Waals surface area contributed by atoms with Crippen molar-refractivity contribution in [3.05, 3.63) is 87.5 Å². The molecular formula is C27H25BrFNO3S. The number of fused-ring (bicyclic) bond motifs is 1. The van der Waals surface area contributed by atoms with Crippen LogP contribution in [0, 0.1) is 11.2 Å². The second-order valence-corrected chi connectivity index (χ2v) is 10.7. The molecule has 2 aromatic carbocycles. The fourth-order valence-corrected chi connectivity index (χ4v) is 5.94. The number of alkyl halides is 1. The molecule has 7 heteroatoms. The molecule has 0 radical (unpaired) electrons. The van der Waals surface area contributed by atoms with Crippen molar-refractivity contribution in [1.29, 1.82) is 0 Å². The first-order chi connectivity index (χ1) is 16.2. The molecule has 0 amide bonds. The number of ether oxygens (including phenoxy) is 1. The minimum Gasteiger partial charge on any atom is -0.497 e. The molecule has 4 aromatic rings. The molecule has 0 saturated heterocycles. The summed E-state index contributed by atoms with van der Waals surface area (Å²) in [6.07, 6.45) is 1.59. The first kappa shape index (κ1) is 24.4. The van der Waals surface area contributed by atoms with Gasteiger partial charge in [0.1, 0.15) is 16.4 Å². The maximum atomic E-state index is 14.5. The lowest BCUT2D eigenvalue weighted by molar-refractivity contribution is 0.0856. The highest BCUT2D eigenvalue weighted by Crippen LogP contribution is 2.40. The molecule has 0 unspecified atom stereocenters. The van der Waals surface area contributed by atoms with Crippen LogP contribution in [0.5, 0.6) is 5.75 Å². The number of halogens is 2. The van der Waals surface area contributed by atoms with Gasteiger partial charge in [-0.1, -0.05) is 54.9 Å². The van der Waals surface area contributed by atoms with Gasteiger partial charge in [-0.25, -0.2) is 4.39 Å². The number of aromatic nitrogens is 1. The Labute approximate surface area is 210 Å². The first-order valence-electron chi connectivity index (χ1n) is 10.8. The van der Waals surface area contributed by atoms with Gasteiger partial charge in [-0.05, 0) is 41.5 Å². The normalized spacial score (nSPS) is 11.7. The van der Waals surface area contributed by atoms with Gasteiger partial charge in [-0.3, -0.25) is 9.59 Å². The van der Waals surface area contributed by atoms with E-state index in [0.717, 1.165) is 21.8 Å². The van der Waals surface area contributed by atoms with Crippen LogP contribution in [0.4, 0.5) is 4.39 Å². The third kappa shape index (κ3) is 4.46. The van der Waals surface area contributed by atoms with Gasteiger partial charge < -0.3 is 9.30 Å². The van der Waals surface area contributed by atoms with Gasteiger partial charge in [0.15, 0.2) is 5.78 Å². The summed E-state index contributed by atoms with van der Waals surface area (Å²) in [4.78, 5) is 28.5. The molecule has 0 bridgehead atoms.